The standard InChI is InChI=1S/C13H22N4O2S/c1-3-17-12(14-15-13(17)20-9-11(18)19)16-7-4-5-10(2)6-8-16/h10H,3-9H2,1-2H3,(H,18,19). The van der Waals surface area contributed by atoms with Crippen LogP contribution in [0.15, 0.2) is 5.16 Å². The van der Waals surface area contributed by atoms with Crippen LogP contribution in [0.4, 0.5) is 5.95 Å². The Morgan fingerprint density at radius 3 is 2.90 bits per heavy atom. The van der Waals surface area contributed by atoms with Gasteiger partial charge in [0.05, 0.1) is 5.75 Å². The van der Waals surface area contributed by atoms with Crippen molar-refractivity contribution in [2.75, 3.05) is 23.7 Å². The number of carboxylic acids is 1. The molecule has 0 saturated carbocycles. The Kier molecular flexibility index (Phi) is 5.28. The molecule has 1 N–H and O–H groups in total. The largest absolute Gasteiger partial charge is 0.481 e. The minimum atomic E-state index is -0.828. The predicted octanol–water partition coefficient (Wildman–Crippen LogP) is 2.10. The summed E-state index contributed by atoms with van der Waals surface area (Å²) in [7, 11) is 0. The molecule has 7 heteroatoms. The van der Waals surface area contributed by atoms with Crippen molar-refractivity contribution in [1.82, 2.24) is 14.8 Å². The summed E-state index contributed by atoms with van der Waals surface area (Å²) in [5.74, 6) is 0.842. The molecule has 1 aliphatic rings. The number of aliphatic carboxylic acids is 1. The van der Waals surface area contributed by atoms with Crippen molar-refractivity contribution >= 4 is 23.7 Å². The van der Waals surface area contributed by atoms with Crippen molar-refractivity contribution in [3.05, 3.63) is 0 Å². The molecule has 1 aliphatic heterocycles. The van der Waals surface area contributed by atoms with Gasteiger partial charge in [-0.05, 0) is 32.1 Å². The van der Waals surface area contributed by atoms with Crippen LogP contribution >= 0.6 is 11.8 Å². The summed E-state index contributed by atoms with van der Waals surface area (Å²) in [5, 5.41) is 17.9. The molecule has 0 radical (unpaired) electrons. The first-order valence-electron chi connectivity index (χ1n) is 7.14. The summed E-state index contributed by atoms with van der Waals surface area (Å²) in [5.41, 5.74) is 0. The van der Waals surface area contributed by atoms with Crippen molar-refractivity contribution in [2.45, 2.75) is 44.8 Å². The maximum Gasteiger partial charge on any atom is 0.313 e. The number of hydrogen-bond acceptors (Lipinski definition) is 5. The van der Waals surface area contributed by atoms with Crippen LogP contribution in [0.3, 0.4) is 0 Å². The van der Waals surface area contributed by atoms with Crippen molar-refractivity contribution in [3.8, 4) is 0 Å². The molecule has 0 aromatic carbocycles. The van der Waals surface area contributed by atoms with Crippen molar-refractivity contribution in [2.24, 2.45) is 5.92 Å². The summed E-state index contributed by atoms with van der Waals surface area (Å²) in [4.78, 5) is 13.0. The highest BCUT2D eigenvalue weighted by atomic mass is 32.2. The highest BCUT2D eigenvalue weighted by Gasteiger charge is 2.20. The Morgan fingerprint density at radius 1 is 1.40 bits per heavy atom. The van der Waals surface area contributed by atoms with Crippen LogP contribution < -0.4 is 4.90 Å². The lowest BCUT2D eigenvalue weighted by Gasteiger charge is -2.21. The first-order chi connectivity index (χ1) is 9.61. The lowest BCUT2D eigenvalue weighted by Crippen LogP contribution is -2.27. The topological polar surface area (TPSA) is 71.2 Å². The molecule has 0 bridgehead atoms. The van der Waals surface area contributed by atoms with E-state index in [1.165, 1.54) is 31.0 Å². The van der Waals surface area contributed by atoms with Crippen LogP contribution in [0.5, 0.6) is 0 Å². The van der Waals surface area contributed by atoms with E-state index in [1.807, 2.05) is 11.5 Å². The van der Waals surface area contributed by atoms with Gasteiger partial charge in [0.15, 0.2) is 5.16 Å². The Labute approximate surface area is 123 Å². The van der Waals surface area contributed by atoms with Gasteiger partial charge in [-0.1, -0.05) is 18.7 Å². The Bertz CT molecular complexity index is 463. The first kappa shape index (κ1) is 15.2. The second-order valence-corrected chi connectivity index (χ2v) is 6.17. The molecule has 0 aliphatic carbocycles. The quantitative estimate of drug-likeness (QED) is 0.839. The van der Waals surface area contributed by atoms with Crippen LogP contribution in [0.2, 0.25) is 0 Å². The fraction of sp³-hybridized carbons (Fsp3) is 0.769. The maximum atomic E-state index is 10.7. The van der Waals surface area contributed by atoms with Crippen LogP contribution in [0.1, 0.15) is 33.1 Å². The van der Waals surface area contributed by atoms with E-state index < -0.39 is 5.97 Å². The minimum absolute atomic E-state index is 0.0230. The van der Waals surface area contributed by atoms with E-state index in [4.69, 9.17) is 5.11 Å². The minimum Gasteiger partial charge on any atom is -0.481 e. The van der Waals surface area contributed by atoms with E-state index in [2.05, 4.69) is 22.0 Å². The molecule has 1 unspecified atom stereocenters. The summed E-state index contributed by atoms with van der Waals surface area (Å²) >= 11 is 1.23. The fourth-order valence-corrected chi connectivity index (χ4v) is 3.21. The number of carboxylic acid groups (broad SMARTS) is 1. The molecule has 6 nitrogen and oxygen atoms in total. The summed E-state index contributed by atoms with van der Waals surface area (Å²) in [6.07, 6.45) is 3.61. The monoisotopic (exact) mass is 298 g/mol. The van der Waals surface area contributed by atoms with Gasteiger partial charge in [-0.25, -0.2) is 0 Å². The molecule has 2 rings (SSSR count). The Morgan fingerprint density at radius 2 is 2.20 bits per heavy atom. The zero-order valence-electron chi connectivity index (χ0n) is 12.1. The van der Waals surface area contributed by atoms with E-state index in [0.29, 0.717) is 5.16 Å². The third-order valence-corrected chi connectivity index (χ3v) is 4.59. The van der Waals surface area contributed by atoms with Crippen molar-refractivity contribution in [1.29, 1.82) is 0 Å². The number of aromatic nitrogens is 3. The summed E-state index contributed by atoms with van der Waals surface area (Å²) in [6.45, 7) is 7.10. The number of rotatable bonds is 5. The van der Waals surface area contributed by atoms with E-state index in [-0.39, 0.29) is 5.75 Å². The van der Waals surface area contributed by atoms with Crippen LogP contribution in [0.25, 0.3) is 0 Å². The number of hydrogen-bond donors (Lipinski definition) is 1. The zero-order valence-corrected chi connectivity index (χ0v) is 12.9. The molecule has 2 heterocycles. The second-order valence-electron chi connectivity index (χ2n) is 5.23. The number of carbonyl (C=O) groups is 1. The second kappa shape index (κ2) is 6.97. The summed E-state index contributed by atoms with van der Waals surface area (Å²) < 4.78 is 2.02. The molecule has 1 fully saturated rings. The molecular weight excluding hydrogens is 276 g/mol. The smallest absolute Gasteiger partial charge is 0.313 e. The van der Waals surface area contributed by atoms with Gasteiger partial charge in [-0.15, -0.1) is 10.2 Å². The number of anilines is 1. The summed E-state index contributed by atoms with van der Waals surface area (Å²) in [6, 6.07) is 0. The van der Waals surface area contributed by atoms with Crippen LogP contribution in [-0.2, 0) is 11.3 Å². The van der Waals surface area contributed by atoms with Gasteiger partial charge in [-0.3, -0.25) is 9.36 Å². The van der Waals surface area contributed by atoms with Gasteiger partial charge >= 0.3 is 5.97 Å². The average molecular weight is 298 g/mol. The molecule has 112 valence electrons. The lowest BCUT2D eigenvalue weighted by molar-refractivity contribution is -0.133. The third-order valence-electron chi connectivity index (χ3n) is 3.64. The third kappa shape index (κ3) is 3.65. The van der Waals surface area contributed by atoms with E-state index in [1.54, 1.807) is 0 Å². The normalized spacial score (nSPS) is 19.9. The molecule has 1 atom stereocenters. The Hall–Kier alpha value is -1.24. The van der Waals surface area contributed by atoms with Crippen molar-refractivity contribution < 1.29 is 9.90 Å². The van der Waals surface area contributed by atoms with Gasteiger partial charge in [0.2, 0.25) is 5.95 Å². The molecule has 1 saturated heterocycles. The zero-order chi connectivity index (χ0) is 14.5. The molecular formula is C13H22N4O2S. The van der Waals surface area contributed by atoms with Gasteiger partial charge < -0.3 is 10.0 Å². The van der Waals surface area contributed by atoms with E-state index >= 15 is 0 Å². The Balaban J connectivity index is 2.12. The predicted molar refractivity (Wildman–Crippen MR) is 79.3 cm³/mol. The molecule has 20 heavy (non-hydrogen) atoms. The van der Waals surface area contributed by atoms with Crippen LogP contribution in [-0.4, -0.2) is 44.7 Å². The average Bonchev–Trinajstić information content (AvgIpc) is 2.70. The van der Waals surface area contributed by atoms with E-state index in [9.17, 15) is 4.79 Å². The highest BCUT2D eigenvalue weighted by molar-refractivity contribution is 7.99. The lowest BCUT2D eigenvalue weighted by atomic mass is 10.0. The van der Waals surface area contributed by atoms with Crippen LogP contribution in [0, 0.1) is 5.92 Å². The molecule has 1 aromatic rings. The van der Waals surface area contributed by atoms with Gasteiger partial charge in [0.25, 0.3) is 0 Å². The van der Waals surface area contributed by atoms with E-state index in [0.717, 1.165) is 31.5 Å². The fourth-order valence-electron chi connectivity index (χ4n) is 2.49. The molecule has 0 amide bonds. The van der Waals surface area contributed by atoms with Crippen molar-refractivity contribution in [3.63, 3.8) is 0 Å². The molecule has 1 aromatic heterocycles. The number of thioether (sulfide) groups is 1. The highest BCUT2D eigenvalue weighted by Crippen LogP contribution is 2.25. The first-order valence-corrected chi connectivity index (χ1v) is 8.13. The van der Waals surface area contributed by atoms with Gasteiger partial charge in [-0.2, -0.15) is 0 Å². The number of nitrogens with zero attached hydrogens (tertiary/aromatic N) is 4. The SMILES string of the molecule is CCn1c(SCC(=O)O)nnc1N1CCCC(C)CC1. The van der Waals surface area contributed by atoms with Gasteiger partial charge in [0.1, 0.15) is 0 Å². The van der Waals surface area contributed by atoms with Gasteiger partial charge in [0, 0.05) is 19.6 Å². The maximum absolute atomic E-state index is 10.7. The molecule has 0 spiro atoms.